The Morgan fingerprint density at radius 1 is 1.32 bits per heavy atom. The zero-order valence-corrected chi connectivity index (χ0v) is 12.4. The Hall–Kier alpha value is -2.47. The molecular formula is C15H13ClN4O2. The molecule has 0 saturated heterocycles. The van der Waals surface area contributed by atoms with Gasteiger partial charge in [-0.2, -0.15) is 0 Å². The number of rotatable bonds is 2. The lowest BCUT2D eigenvalue weighted by molar-refractivity contribution is 0.111. The normalized spacial score (nSPS) is 13.4. The molecule has 0 fully saturated rings. The van der Waals surface area contributed by atoms with Crippen LogP contribution in [0, 0.1) is 0 Å². The number of halogens is 1. The van der Waals surface area contributed by atoms with Crippen molar-refractivity contribution >= 4 is 35.6 Å². The maximum absolute atomic E-state index is 12.4. The summed E-state index contributed by atoms with van der Waals surface area (Å²) in [5, 5.41) is 3.20. The fraction of sp³-hybridized carbons (Fsp3) is 0.200. The summed E-state index contributed by atoms with van der Waals surface area (Å²) in [6.07, 6.45) is 3.82. The summed E-state index contributed by atoms with van der Waals surface area (Å²) in [4.78, 5) is 33.1. The van der Waals surface area contributed by atoms with Gasteiger partial charge in [0, 0.05) is 12.7 Å². The van der Waals surface area contributed by atoms with Gasteiger partial charge in [-0.05, 0) is 36.6 Å². The number of anilines is 2. The lowest BCUT2D eigenvalue weighted by Gasteiger charge is -2.28. The summed E-state index contributed by atoms with van der Waals surface area (Å²) in [6.45, 7) is 0.543. The molecule has 6 nitrogen and oxygen atoms in total. The summed E-state index contributed by atoms with van der Waals surface area (Å²) in [5.41, 5.74) is 1.26. The summed E-state index contributed by atoms with van der Waals surface area (Å²) >= 11 is 5.77. The summed E-state index contributed by atoms with van der Waals surface area (Å²) in [5.74, 6) is 0.940. The molecule has 3 heterocycles. The van der Waals surface area contributed by atoms with Gasteiger partial charge in [0.2, 0.25) is 0 Å². The topological polar surface area (TPSA) is 75.2 Å². The van der Waals surface area contributed by atoms with Gasteiger partial charge in [0.05, 0.1) is 5.02 Å². The first-order valence-corrected chi connectivity index (χ1v) is 7.20. The van der Waals surface area contributed by atoms with E-state index in [4.69, 9.17) is 11.6 Å². The molecular weight excluding hydrogens is 304 g/mol. The van der Waals surface area contributed by atoms with Crippen LogP contribution in [-0.4, -0.2) is 28.8 Å². The fourth-order valence-electron chi connectivity index (χ4n) is 2.34. The third-order valence-electron chi connectivity index (χ3n) is 3.39. The molecule has 112 valence electrons. The highest BCUT2D eigenvalue weighted by atomic mass is 35.5. The van der Waals surface area contributed by atoms with Crippen LogP contribution in [-0.2, 0) is 6.42 Å². The van der Waals surface area contributed by atoms with E-state index in [1.165, 1.54) is 11.1 Å². The van der Waals surface area contributed by atoms with E-state index in [0.29, 0.717) is 35.2 Å². The van der Waals surface area contributed by atoms with Crippen molar-refractivity contribution in [1.29, 1.82) is 0 Å². The van der Waals surface area contributed by atoms with Crippen molar-refractivity contribution in [1.82, 2.24) is 9.97 Å². The SMILES string of the molecule is O=Cc1ccc2c(n1)N(C(=O)Nc1ccc(Cl)cn1)CCC2. The monoisotopic (exact) mass is 316 g/mol. The predicted octanol–water partition coefficient (Wildman–Crippen LogP) is 2.93. The van der Waals surface area contributed by atoms with Gasteiger partial charge in [-0.15, -0.1) is 0 Å². The van der Waals surface area contributed by atoms with Crippen molar-refractivity contribution in [2.75, 3.05) is 16.8 Å². The maximum Gasteiger partial charge on any atom is 0.328 e. The van der Waals surface area contributed by atoms with E-state index in [2.05, 4.69) is 15.3 Å². The van der Waals surface area contributed by atoms with Crippen molar-refractivity contribution in [2.24, 2.45) is 0 Å². The minimum atomic E-state index is -0.327. The lowest BCUT2D eigenvalue weighted by atomic mass is 10.1. The van der Waals surface area contributed by atoms with Crippen LogP contribution in [0.4, 0.5) is 16.4 Å². The molecule has 0 spiro atoms. The van der Waals surface area contributed by atoms with Gasteiger partial charge >= 0.3 is 6.03 Å². The molecule has 1 aliphatic rings. The minimum absolute atomic E-state index is 0.308. The summed E-state index contributed by atoms with van der Waals surface area (Å²) in [6, 6.07) is 6.45. The Balaban J connectivity index is 1.85. The van der Waals surface area contributed by atoms with Gasteiger partial charge in [-0.3, -0.25) is 15.0 Å². The molecule has 3 rings (SSSR count). The Kier molecular flexibility index (Phi) is 4.02. The molecule has 2 aromatic rings. The van der Waals surface area contributed by atoms with Crippen molar-refractivity contribution in [3.63, 3.8) is 0 Å². The number of amides is 2. The average Bonchev–Trinajstić information content (AvgIpc) is 2.55. The average molecular weight is 317 g/mol. The van der Waals surface area contributed by atoms with Gasteiger partial charge in [-0.1, -0.05) is 17.7 Å². The number of aromatic nitrogens is 2. The number of hydrogen-bond donors (Lipinski definition) is 1. The number of nitrogens with zero attached hydrogens (tertiary/aromatic N) is 3. The van der Waals surface area contributed by atoms with Crippen LogP contribution >= 0.6 is 11.6 Å². The molecule has 7 heteroatoms. The van der Waals surface area contributed by atoms with Gasteiger partial charge in [0.15, 0.2) is 6.29 Å². The fourth-order valence-corrected chi connectivity index (χ4v) is 2.46. The highest BCUT2D eigenvalue weighted by Gasteiger charge is 2.24. The molecule has 0 atom stereocenters. The maximum atomic E-state index is 12.4. The van der Waals surface area contributed by atoms with E-state index < -0.39 is 0 Å². The zero-order valence-electron chi connectivity index (χ0n) is 11.6. The zero-order chi connectivity index (χ0) is 15.5. The van der Waals surface area contributed by atoms with Gasteiger partial charge < -0.3 is 0 Å². The molecule has 0 radical (unpaired) electrons. The van der Waals surface area contributed by atoms with E-state index in [-0.39, 0.29) is 6.03 Å². The first-order valence-electron chi connectivity index (χ1n) is 6.82. The van der Waals surface area contributed by atoms with Gasteiger partial charge in [0.25, 0.3) is 0 Å². The number of carbonyl (C=O) groups is 2. The highest BCUT2D eigenvalue weighted by Crippen LogP contribution is 2.25. The summed E-state index contributed by atoms with van der Waals surface area (Å²) < 4.78 is 0. The first-order chi connectivity index (χ1) is 10.7. The quantitative estimate of drug-likeness (QED) is 0.864. The molecule has 1 aliphatic heterocycles. The Labute approximate surface area is 132 Å². The minimum Gasteiger partial charge on any atom is -0.296 e. The second kappa shape index (κ2) is 6.11. The van der Waals surface area contributed by atoms with Crippen LogP contribution in [0.2, 0.25) is 5.02 Å². The van der Waals surface area contributed by atoms with Crippen LogP contribution in [0.1, 0.15) is 22.5 Å². The van der Waals surface area contributed by atoms with E-state index in [0.717, 1.165) is 18.4 Å². The summed E-state index contributed by atoms with van der Waals surface area (Å²) in [7, 11) is 0. The van der Waals surface area contributed by atoms with Crippen LogP contribution in [0.3, 0.4) is 0 Å². The molecule has 2 amide bonds. The van der Waals surface area contributed by atoms with Crippen molar-refractivity contribution in [3.8, 4) is 0 Å². The standard InChI is InChI=1S/C15H13ClN4O2/c16-11-4-6-13(17-8-11)19-15(22)20-7-1-2-10-3-5-12(9-21)18-14(10)20/h3-6,8-9H,1-2,7H2,(H,17,19,22). The first kappa shape index (κ1) is 14.5. The Bertz CT molecular complexity index is 718. The Morgan fingerprint density at radius 2 is 2.18 bits per heavy atom. The predicted molar refractivity (Wildman–Crippen MR) is 83.6 cm³/mol. The third-order valence-corrected chi connectivity index (χ3v) is 3.61. The number of nitrogens with one attached hydrogen (secondary N) is 1. The van der Waals surface area contributed by atoms with Crippen molar-refractivity contribution in [3.05, 3.63) is 46.7 Å². The molecule has 0 aromatic carbocycles. The number of fused-ring (bicyclic) bond motifs is 1. The smallest absolute Gasteiger partial charge is 0.296 e. The number of pyridine rings is 2. The molecule has 2 aromatic heterocycles. The number of urea groups is 1. The number of aryl methyl sites for hydroxylation is 1. The largest absolute Gasteiger partial charge is 0.328 e. The Morgan fingerprint density at radius 3 is 2.91 bits per heavy atom. The molecule has 0 saturated carbocycles. The molecule has 0 unspecified atom stereocenters. The number of hydrogen-bond acceptors (Lipinski definition) is 4. The number of carbonyl (C=O) groups excluding carboxylic acids is 2. The van der Waals surface area contributed by atoms with E-state index in [1.54, 1.807) is 18.2 Å². The lowest BCUT2D eigenvalue weighted by Crippen LogP contribution is -2.39. The van der Waals surface area contributed by atoms with E-state index >= 15 is 0 Å². The molecule has 0 aliphatic carbocycles. The van der Waals surface area contributed by atoms with E-state index in [9.17, 15) is 9.59 Å². The van der Waals surface area contributed by atoms with Gasteiger partial charge in [-0.25, -0.2) is 14.8 Å². The molecule has 1 N–H and O–H groups in total. The van der Waals surface area contributed by atoms with Crippen LogP contribution in [0.5, 0.6) is 0 Å². The van der Waals surface area contributed by atoms with Crippen LogP contribution in [0.15, 0.2) is 30.5 Å². The highest BCUT2D eigenvalue weighted by molar-refractivity contribution is 6.30. The van der Waals surface area contributed by atoms with E-state index in [1.807, 2.05) is 6.07 Å². The third kappa shape index (κ3) is 2.92. The van der Waals surface area contributed by atoms with Crippen molar-refractivity contribution in [2.45, 2.75) is 12.8 Å². The van der Waals surface area contributed by atoms with Crippen LogP contribution < -0.4 is 10.2 Å². The molecule has 22 heavy (non-hydrogen) atoms. The van der Waals surface area contributed by atoms with Crippen LogP contribution in [0.25, 0.3) is 0 Å². The number of aldehydes is 1. The second-order valence-corrected chi connectivity index (χ2v) is 5.32. The van der Waals surface area contributed by atoms with Crippen molar-refractivity contribution < 1.29 is 9.59 Å². The second-order valence-electron chi connectivity index (χ2n) is 4.88. The van der Waals surface area contributed by atoms with Gasteiger partial charge in [0.1, 0.15) is 17.3 Å². The molecule has 0 bridgehead atoms.